The van der Waals surface area contributed by atoms with Gasteiger partial charge in [0, 0.05) is 12.4 Å². The molecule has 2 aromatic heterocycles. The van der Waals surface area contributed by atoms with Crippen LogP contribution in [-0.2, 0) is 0 Å². The van der Waals surface area contributed by atoms with E-state index in [2.05, 4.69) is 25.4 Å². The third-order valence-electron chi connectivity index (χ3n) is 2.21. The molecule has 2 heterocycles. The number of nitrogens with zero attached hydrogens (tertiary/aromatic N) is 5. The van der Waals surface area contributed by atoms with Crippen LogP contribution in [0, 0.1) is 0 Å². The Morgan fingerprint density at radius 1 is 1.38 bits per heavy atom. The Kier molecular flexibility index (Phi) is 2.78. The molecule has 0 aromatic carbocycles. The summed E-state index contributed by atoms with van der Waals surface area (Å²) < 4.78 is 1.54. The molecule has 0 aliphatic heterocycles. The molecule has 0 aliphatic carbocycles. The number of nitrogens with two attached hydrogens (primary N) is 1. The van der Waals surface area contributed by atoms with Crippen LogP contribution in [0.25, 0.3) is 5.95 Å². The summed E-state index contributed by atoms with van der Waals surface area (Å²) in [6.07, 6.45) is 3.29. The Balaban J connectivity index is 2.48. The van der Waals surface area contributed by atoms with Gasteiger partial charge in [-0.05, 0) is 20.0 Å². The number of nitrogens with one attached hydrogen (secondary N) is 1. The van der Waals surface area contributed by atoms with Crippen LogP contribution in [0.5, 0.6) is 0 Å². The van der Waals surface area contributed by atoms with Gasteiger partial charge in [-0.1, -0.05) is 0 Å². The van der Waals surface area contributed by atoms with E-state index in [1.165, 1.54) is 4.68 Å². The summed E-state index contributed by atoms with van der Waals surface area (Å²) >= 11 is 0. The lowest BCUT2D eigenvalue weighted by Crippen LogP contribution is -2.18. The molecule has 16 heavy (non-hydrogen) atoms. The standard InChI is InChI=1S/C9H13N7/c1-6(11-2)7-14-8(10)15-16(7)9-12-4-3-5-13-9/h3-6,11H,1-2H3,(H2,10,15)/t6-/m0/s1. The summed E-state index contributed by atoms with van der Waals surface area (Å²) in [5, 5.41) is 7.14. The highest BCUT2D eigenvalue weighted by molar-refractivity contribution is 5.22. The van der Waals surface area contributed by atoms with Crippen molar-refractivity contribution in [3.8, 4) is 5.95 Å². The predicted molar refractivity (Wildman–Crippen MR) is 58.8 cm³/mol. The summed E-state index contributed by atoms with van der Waals surface area (Å²) in [6, 6.07) is 1.76. The molecular weight excluding hydrogens is 206 g/mol. The molecule has 0 fully saturated rings. The van der Waals surface area contributed by atoms with Gasteiger partial charge < -0.3 is 11.1 Å². The molecule has 7 heteroatoms. The summed E-state index contributed by atoms with van der Waals surface area (Å²) in [6.45, 7) is 1.96. The number of aromatic nitrogens is 5. The normalized spacial score (nSPS) is 12.6. The zero-order valence-corrected chi connectivity index (χ0v) is 9.12. The third kappa shape index (κ3) is 1.84. The van der Waals surface area contributed by atoms with Crippen LogP contribution in [0.3, 0.4) is 0 Å². The lowest BCUT2D eigenvalue weighted by Gasteiger charge is -2.09. The molecule has 2 aromatic rings. The van der Waals surface area contributed by atoms with E-state index in [-0.39, 0.29) is 12.0 Å². The van der Waals surface area contributed by atoms with E-state index in [0.29, 0.717) is 11.8 Å². The summed E-state index contributed by atoms with van der Waals surface area (Å²) in [7, 11) is 1.84. The molecule has 84 valence electrons. The predicted octanol–water partition coefficient (Wildman–Crippen LogP) is -0.0801. The van der Waals surface area contributed by atoms with E-state index in [9.17, 15) is 0 Å². The second-order valence-electron chi connectivity index (χ2n) is 3.30. The monoisotopic (exact) mass is 219 g/mol. The third-order valence-corrected chi connectivity index (χ3v) is 2.21. The van der Waals surface area contributed by atoms with Crippen LogP contribution in [-0.4, -0.2) is 31.8 Å². The van der Waals surface area contributed by atoms with Crippen LogP contribution in [0.1, 0.15) is 18.8 Å². The van der Waals surface area contributed by atoms with Crippen molar-refractivity contribution in [2.24, 2.45) is 0 Å². The quantitative estimate of drug-likeness (QED) is 0.749. The Hall–Kier alpha value is -2.02. The molecule has 0 amide bonds. The SMILES string of the molecule is CN[C@@H](C)c1nc(N)nn1-c1ncccn1. The minimum atomic E-state index is 0.0219. The number of hydrogen-bond donors (Lipinski definition) is 2. The van der Waals surface area contributed by atoms with Gasteiger partial charge >= 0.3 is 0 Å². The Morgan fingerprint density at radius 3 is 2.69 bits per heavy atom. The average molecular weight is 219 g/mol. The number of hydrogen-bond acceptors (Lipinski definition) is 6. The maximum atomic E-state index is 5.58. The van der Waals surface area contributed by atoms with Crippen molar-refractivity contribution in [3.05, 3.63) is 24.3 Å². The molecule has 0 unspecified atom stereocenters. The van der Waals surface area contributed by atoms with Crippen LogP contribution in [0.15, 0.2) is 18.5 Å². The van der Waals surface area contributed by atoms with Gasteiger partial charge in [-0.25, -0.2) is 9.97 Å². The highest BCUT2D eigenvalue weighted by atomic mass is 15.4. The molecule has 0 spiro atoms. The van der Waals surface area contributed by atoms with Gasteiger partial charge in [-0.15, -0.1) is 5.10 Å². The van der Waals surface area contributed by atoms with E-state index in [0.717, 1.165) is 0 Å². The Bertz CT molecular complexity index is 464. The topological polar surface area (TPSA) is 94.5 Å². The van der Waals surface area contributed by atoms with E-state index >= 15 is 0 Å². The zero-order valence-electron chi connectivity index (χ0n) is 9.12. The molecular formula is C9H13N7. The van der Waals surface area contributed by atoms with E-state index < -0.39 is 0 Å². The van der Waals surface area contributed by atoms with Gasteiger partial charge in [0.05, 0.1) is 6.04 Å². The first-order valence-corrected chi connectivity index (χ1v) is 4.89. The Labute approximate surface area is 92.7 Å². The fraction of sp³-hybridized carbons (Fsp3) is 0.333. The maximum Gasteiger partial charge on any atom is 0.252 e. The highest BCUT2D eigenvalue weighted by Crippen LogP contribution is 2.13. The van der Waals surface area contributed by atoms with Crippen molar-refractivity contribution < 1.29 is 0 Å². The fourth-order valence-corrected chi connectivity index (χ4v) is 1.30. The van der Waals surface area contributed by atoms with Crippen LogP contribution in [0.2, 0.25) is 0 Å². The molecule has 3 N–H and O–H groups in total. The maximum absolute atomic E-state index is 5.58. The molecule has 0 saturated heterocycles. The largest absolute Gasteiger partial charge is 0.366 e. The summed E-state index contributed by atoms with van der Waals surface area (Å²) in [5.74, 6) is 1.36. The second-order valence-corrected chi connectivity index (χ2v) is 3.30. The van der Waals surface area contributed by atoms with Crippen LogP contribution in [0.4, 0.5) is 5.95 Å². The lowest BCUT2D eigenvalue weighted by atomic mass is 10.3. The smallest absolute Gasteiger partial charge is 0.252 e. The highest BCUT2D eigenvalue weighted by Gasteiger charge is 2.16. The van der Waals surface area contributed by atoms with Crippen molar-refractivity contribution in [1.82, 2.24) is 30.0 Å². The Morgan fingerprint density at radius 2 is 2.06 bits per heavy atom. The molecule has 0 radical (unpaired) electrons. The first-order chi connectivity index (χ1) is 7.72. The zero-order chi connectivity index (χ0) is 11.5. The minimum absolute atomic E-state index is 0.0219. The van der Waals surface area contributed by atoms with Gasteiger partial charge in [-0.3, -0.25) is 0 Å². The molecule has 0 saturated carbocycles. The van der Waals surface area contributed by atoms with Crippen LogP contribution >= 0.6 is 0 Å². The van der Waals surface area contributed by atoms with Gasteiger partial charge in [-0.2, -0.15) is 9.67 Å². The van der Waals surface area contributed by atoms with Crippen LogP contribution < -0.4 is 11.1 Å². The van der Waals surface area contributed by atoms with E-state index in [1.807, 2.05) is 14.0 Å². The van der Waals surface area contributed by atoms with Crippen molar-refractivity contribution in [3.63, 3.8) is 0 Å². The molecule has 2 rings (SSSR count). The number of anilines is 1. The molecule has 0 bridgehead atoms. The summed E-state index contributed by atoms with van der Waals surface area (Å²) in [5.41, 5.74) is 5.58. The summed E-state index contributed by atoms with van der Waals surface area (Å²) in [4.78, 5) is 12.4. The number of rotatable bonds is 3. The van der Waals surface area contributed by atoms with Gasteiger partial charge in [0.1, 0.15) is 0 Å². The lowest BCUT2D eigenvalue weighted by molar-refractivity contribution is 0.580. The first kappa shape index (κ1) is 10.5. The van der Waals surface area contributed by atoms with Gasteiger partial charge in [0.2, 0.25) is 5.95 Å². The van der Waals surface area contributed by atoms with Gasteiger partial charge in [0.15, 0.2) is 5.82 Å². The van der Waals surface area contributed by atoms with Crippen molar-refractivity contribution in [2.75, 3.05) is 12.8 Å². The van der Waals surface area contributed by atoms with E-state index in [1.54, 1.807) is 18.5 Å². The van der Waals surface area contributed by atoms with E-state index in [4.69, 9.17) is 5.73 Å². The fourth-order valence-electron chi connectivity index (χ4n) is 1.30. The average Bonchev–Trinajstić information content (AvgIpc) is 2.71. The van der Waals surface area contributed by atoms with Crippen molar-refractivity contribution in [2.45, 2.75) is 13.0 Å². The van der Waals surface area contributed by atoms with Crippen molar-refractivity contribution in [1.29, 1.82) is 0 Å². The minimum Gasteiger partial charge on any atom is -0.366 e. The molecule has 0 aliphatic rings. The number of nitrogen functional groups attached to an aromatic ring is 1. The molecule has 7 nitrogen and oxygen atoms in total. The van der Waals surface area contributed by atoms with Crippen molar-refractivity contribution >= 4 is 5.95 Å². The van der Waals surface area contributed by atoms with Gasteiger partial charge in [0.25, 0.3) is 5.95 Å². The first-order valence-electron chi connectivity index (χ1n) is 4.89. The molecule has 1 atom stereocenters. The second kappa shape index (κ2) is 4.23.